The van der Waals surface area contributed by atoms with Crippen molar-refractivity contribution < 1.29 is 14.3 Å². The smallest absolute Gasteiger partial charge is 0.328 e. The lowest BCUT2D eigenvalue weighted by atomic mass is 10.3. The Bertz CT molecular complexity index is 422. The molecule has 1 amide bonds. The molecule has 0 fully saturated rings. The summed E-state index contributed by atoms with van der Waals surface area (Å²) < 4.78 is 4.51. The number of nitrogens with one attached hydrogen (secondary N) is 1. The first-order chi connectivity index (χ1) is 8.52. The fourth-order valence-corrected chi connectivity index (χ4v) is 2.03. The molecule has 1 unspecified atom stereocenters. The Morgan fingerprint density at radius 1 is 1.39 bits per heavy atom. The molecule has 1 atom stereocenters. The lowest BCUT2D eigenvalue weighted by Crippen LogP contribution is -2.40. The number of thioether (sulfide) groups is 1. The zero-order valence-electron chi connectivity index (χ0n) is 10.1. The quantitative estimate of drug-likeness (QED) is 0.666. The minimum Gasteiger partial charge on any atom is -0.467 e. The molecule has 0 aliphatic carbocycles. The molecular formula is C12H14ClNO3S. The highest BCUT2D eigenvalue weighted by molar-refractivity contribution is 8.00. The van der Waals surface area contributed by atoms with Crippen molar-refractivity contribution in [2.24, 2.45) is 0 Å². The highest BCUT2D eigenvalue weighted by Gasteiger charge is 2.15. The van der Waals surface area contributed by atoms with E-state index in [-0.39, 0.29) is 11.7 Å². The maximum atomic E-state index is 11.5. The number of carbonyl (C=O) groups excluding carboxylic acids is 2. The number of methoxy groups -OCH3 is 1. The van der Waals surface area contributed by atoms with Gasteiger partial charge in [-0.05, 0) is 31.2 Å². The molecule has 6 heteroatoms. The number of halogens is 1. The predicted molar refractivity (Wildman–Crippen MR) is 71.8 cm³/mol. The van der Waals surface area contributed by atoms with Gasteiger partial charge in [0.1, 0.15) is 6.04 Å². The van der Waals surface area contributed by atoms with E-state index in [0.29, 0.717) is 5.02 Å². The minimum absolute atomic E-state index is 0.215. The number of hydrogen-bond acceptors (Lipinski definition) is 4. The van der Waals surface area contributed by atoms with Crippen molar-refractivity contribution in [2.45, 2.75) is 17.9 Å². The molecule has 0 aliphatic heterocycles. The molecule has 0 radical (unpaired) electrons. The maximum absolute atomic E-state index is 11.5. The van der Waals surface area contributed by atoms with E-state index in [1.54, 1.807) is 19.1 Å². The summed E-state index contributed by atoms with van der Waals surface area (Å²) in [7, 11) is 1.29. The molecule has 0 saturated heterocycles. The highest BCUT2D eigenvalue weighted by Crippen LogP contribution is 2.19. The maximum Gasteiger partial charge on any atom is 0.328 e. The first kappa shape index (κ1) is 14.9. The van der Waals surface area contributed by atoms with E-state index in [9.17, 15) is 9.59 Å². The van der Waals surface area contributed by atoms with Crippen LogP contribution in [0.3, 0.4) is 0 Å². The highest BCUT2D eigenvalue weighted by atomic mass is 35.5. The normalized spacial score (nSPS) is 11.7. The second kappa shape index (κ2) is 7.28. The van der Waals surface area contributed by atoms with Gasteiger partial charge in [-0.15, -0.1) is 11.8 Å². The Morgan fingerprint density at radius 2 is 2.00 bits per heavy atom. The monoisotopic (exact) mass is 287 g/mol. The average Bonchev–Trinajstić information content (AvgIpc) is 2.37. The Labute approximate surface area is 115 Å². The standard InChI is InChI=1S/C12H14ClNO3S/c1-8(12(16)17-2)14-11(15)7-18-10-5-3-9(13)4-6-10/h3-6,8H,7H2,1-2H3,(H,14,15). The van der Waals surface area contributed by atoms with Gasteiger partial charge in [-0.3, -0.25) is 4.79 Å². The van der Waals surface area contributed by atoms with Gasteiger partial charge in [0.2, 0.25) is 5.91 Å². The van der Waals surface area contributed by atoms with Crippen LogP contribution in [0.2, 0.25) is 5.02 Å². The molecule has 0 spiro atoms. The molecule has 1 aromatic rings. The third-order valence-electron chi connectivity index (χ3n) is 2.12. The topological polar surface area (TPSA) is 55.4 Å². The lowest BCUT2D eigenvalue weighted by Gasteiger charge is -2.11. The van der Waals surface area contributed by atoms with Crippen LogP contribution in [-0.4, -0.2) is 30.8 Å². The minimum atomic E-state index is -0.631. The molecule has 0 aromatic heterocycles. The number of carbonyl (C=O) groups is 2. The Kier molecular flexibility index (Phi) is 6.01. The summed E-state index contributed by atoms with van der Waals surface area (Å²) in [5.41, 5.74) is 0. The summed E-state index contributed by atoms with van der Waals surface area (Å²) >= 11 is 7.13. The summed E-state index contributed by atoms with van der Waals surface area (Å²) in [6, 6.07) is 6.57. The zero-order chi connectivity index (χ0) is 13.5. The predicted octanol–water partition coefficient (Wildman–Crippen LogP) is 2.11. The van der Waals surface area contributed by atoms with Gasteiger partial charge >= 0.3 is 5.97 Å². The molecule has 1 N–H and O–H groups in total. The average molecular weight is 288 g/mol. The Hall–Kier alpha value is -1.20. The number of hydrogen-bond donors (Lipinski definition) is 1. The summed E-state index contributed by atoms with van der Waals surface area (Å²) in [5.74, 6) is -0.434. The molecule has 0 heterocycles. The van der Waals surface area contributed by atoms with Crippen molar-refractivity contribution >= 4 is 35.2 Å². The van der Waals surface area contributed by atoms with Gasteiger partial charge in [-0.25, -0.2) is 4.79 Å². The molecule has 0 aliphatic rings. The molecule has 0 bridgehead atoms. The van der Waals surface area contributed by atoms with Gasteiger partial charge in [0.05, 0.1) is 12.9 Å². The van der Waals surface area contributed by atoms with Crippen LogP contribution < -0.4 is 5.32 Å². The summed E-state index contributed by atoms with van der Waals surface area (Å²) in [6.07, 6.45) is 0. The van der Waals surface area contributed by atoms with Crippen LogP contribution in [0.1, 0.15) is 6.92 Å². The summed E-state index contributed by atoms with van der Waals surface area (Å²) in [6.45, 7) is 1.58. The van der Waals surface area contributed by atoms with Crippen LogP contribution in [0.5, 0.6) is 0 Å². The van der Waals surface area contributed by atoms with E-state index in [1.165, 1.54) is 18.9 Å². The lowest BCUT2D eigenvalue weighted by molar-refractivity contribution is -0.144. The van der Waals surface area contributed by atoms with Crippen LogP contribution in [0, 0.1) is 0 Å². The first-order valence-corrected chi connectivity index (χ1v) is 6.65. The van der Waals surface area contributed by atoms with Gasteiger partial charge in [-0.1, -0.05) is 11.6 Å². The second-order valence-electron chi connectivity index (χ2n) is 3.55. The SMILES string of the molecule is COC(=O)C(C)NC(=O)CSc1ccc(Cl)cc1. The fraction of sp³-hybridized carbons (Fsp3) is 0.333. The number of ether oxygens (including phenoxy) is 1. The molecule has 1 aromatic carbocycles. The van der Waals surface area contributed by atoms with Crippen molar-refractivity contribution in [3.8, 4) is 0 Å². The van der Waals surface area contributed by atoms with Gasteiger partial charge < -0.3 is 10.1 Å². The largest absolute Gasteiger partial charge is 0.467 e. The molecule has 98 valence electrons. The van der Waals surface area contributed by atoms with Crippen molar-refractivity contribution in [3.63, 3.8) is 0 Å². The van der Waals surface area contributed by atoms with Crippen LogP contribution in [0.4, 0.5) is 0 Å². The van der Waals surface area contributed by atoms with Gasteiger partial charge in [0.25, 0.3) is 0 Å². The fourth-order valence-electron chi connectivity index (χ4n) is 1.20. The molecular weight excluding hydrogens is 274 g/mol. The number of rotatable bonds is 5. The van der Waals surface area contributed by atoms with Gasteiger partial charge in [0, 0.05) is 9.92 Å². The third-order valence-corrected chi connectivity index (χ3v) is 3.38. The van der Waals surface area contributed by atoms with Gasteiger partial charge in [-0.2, -0.15) is 0 Å². The summed E-state index contributed by atoms with van der Waals surface area (Å²) in [5, 5.41) is 3.21. The van der Waals surface area contributed by atoms with Crippen LogP contribution >= 0.6 is 23.4 Å². The molecule has 1 rings (SSSR count). The third kappa shape index (κ3) is 4.98. The van der Waals surface area contributed by atoms with E-state index in [1.807, 2.05) is 12.1 Å². The Balaban J connectivity index is 2.37. The van der Waals surface area contributed by atoms with Gasteiger partial charge in [0.15, 0.2) is 0 Å². The van der Waals surface area contributed by atoms with Crippen molar-refractivity contribution in [3.05, 3.63) is 29.3 Å². The van der Waals surface area contributed by atoms with E-state index in [4.69, 9.17) is 11.6 Å². The number of benzene rings is 1. The van der Waals surface area contributed by atoms with E-state index in [0.717, 1.165) is 4.90 Å². The first-order valence-electron chi connectivity index (χ1n) is 5.28. The van der Waals surface area contributed by atoms with Crippen LogP contribution in [-0.2, 0) is 14.3 Å². The number of amides is 1. The van der Waals surface area contributed by atoms with Crippen molar-refractivity contribution in [2.75, 3.05) is 12.9 Å². The summed E-state index contributed by atoms with van der Waals surface area (Å²) in [4.78, 5) is 23.6. The molecule has 0 saturated carbocycles. The van der Waals surface area contributed by atoms with E-state index in [2.05, 4.69) is 10.1 Å². The van der Waals surface area contributed by atoms with Crippen LogP contribution in [0.15, 0.2) is 29.2 Å². The number of esters is 1. The molecule has 4 nitrogen and oxygen atoms in total. The van der Waals surface area contributed by atoms with Crippen LogP contribution in [0.25, 0.3) is 0 Å². The second-order valence-corrected chi connectivity index (χ2v) is 5.04. The van der Waals surface area contributed by atoms with E-state index >= 15 is 0 Å². The Morgan fingerprint density at radius 3 is 2.56 bits per heavy atom. The molecule has 18 heavy (non-hydrogen) atoms. The zero-order valence-corrected chi connectivity index (χ0v) is 11.7. The van der Waals surface area contributed by atoms with E-state index < -0.39 is 12.0 Å². The van der Waals surface area contributed by atoms with Crippen molar-refractivity contribution in [1.82, 2.24) is 5.32 Å². The van der Waals surface area contributed by atoms with Crippen molar-refractivity contribution in [1.29, 1.82) is 0 Å².